The van der Waals surface area contributed by atoms with Crippen LogP contribution < -0.4 is 15.8 Å². The molecule has 1 atom stereocenters. The Kier molecular flexibility index (Phi) is 11.3. The average Bonchev–Trinajstić information content (AvgIpc) is 2.98. The highest BCUT2D eigenvalue weighted by Crippen LogP contribution is 2.32. The molecule has 1 aromatic rings. The quantitative estimate of drug-likeness (QED) is 0.315. The Morgan fingerprint density at radius 2 is 1.90 bits per heavy atom. The molecule has 0 fully saturated rings. The number of amides is 4. The van der Waals surface area contributed by atoms with Crippen LogP contribution in [-0.2, 0) is 14.3 Å². The zero-order valence-electron chi connectivity index (χ0n) is 17.8. The van der Waals surface area contributed by atoms with E-state index in [1.54, 1.807) is 25.1 Å². The van der Waals surface area contributed by atoms with Crippen LogP contribution in [-0.4, -0.2) is 61.4 Å². The lowest BCUT2D eigenvalue weighted by Crippen LogP contribution is -2.38. The van der Waals surface area contributed by atoms with Crippen LogP contribution in [0, 0.1) is 0 Å². The molecule has 1 unspecified atom stereocenters. The minimum absolute atomic E-state index is 0.0230. The summed E-state index contributed by atoms with van der Waals surface area (Å²) in [5.41, 5.74) is 5.82. The van der Waals surface area contributed by atoms with Gasteiger partial charge >= 0.3 is 0 Å². The monoisotopic (exact) mass is 421 g/mol. The van der Waals surface area contributed by atoms with Gasteiger partial charge in [-0.05, 0) is 25.5 Å². The molecule has 1 aliphatic rings. The van der Waals surface area contributed by atoms with Crippen molar-refractivity contribution in [3.05, 3.63) is 29.3 Å². The third-order valence-electron chi connectivity index (χ3n) is 4.11. The highest BCUT2D eigenvalue weighted by molar-refractivity contribution is 6.22. The van der Waals surface area contributed by atoms with Gasteiger partial charge in [-0.2, -0.15) is 0 Å². The number of carbonyl (C=O) groups excluding carboxylic acids is 4. The Balaban J connectivity index is 0.00000141. The van der Waals surface area contributed by atoms with Crippen molar-refractivity contribution >= 4 is 24.1 Å². The van der Waals surface area contributed by atoms with Crippen LogP contribution >= 0.6 is 0 Å². The molecule has 0 aromatic heterocycles. The molecule has 0 radical (unpaired) electrons. The van der Waals surface area contributed by atoms with Gasteiger partial charge < -0.3 is 15.2 Å². The van der Waals surface area contributed by atoms with Crippen LogP contribution in [0.1, 0.15) is 60.7 Å². The van der Waals surface area contributed by atoms with Gasteiger partial charge in [0.2, 0.25) is 12.3 Å². The van der Waals surface area contributed by atoms with Gasteiger partial charge in [-0.1, -0.05) is 26.3 Å². The van der Waals surface area contributed by atoms with E-state index in [9.17, 15) is 19.2 Å². The summed E-state index contributed by atoms with van der Waals surface area (Å²) < 4.78 is 10.8. The number of nitrogens with zero attached hydrogens (tertiary/aromatic N) is 1. The molecule has 1 heterocycles. The summed E-state index contributed by atoms with van der Waals surface area (Å²) >= 11 is 0. The van der Waals surface area contributed by atoms with E-state index in [1.807, 2.05) is 5.32 Å². The molecule has 0 saturated heterocycles. The van der Waals surface area contributed by atoms with Crippen molar-refractivity contribution in [2.24, 2.45) is 5.73 Å². The fourth-order valence-electron chi connectivity index (χ4n) is 2.80. The molecular formula is C21H31N3O6. The summed E-state index contributed by atoms with van der Waals surface area (Å²) in [4.78, 5) is 48.2. The summed E-state index contributed by atoms with van der Waals surface area (Å²) in [6.07, 6.45) is 1.82. The first-order valence-corrected chi connectivity index (χ1v) is 10.1. The van der Waals surface area contributed by atoms with Crippen molar-refractivity contribution in [2.45, 2.75) is 46.1 Å². The smallest absolute Gasteiger partial charge is 0.265 e. The van der Waals surface area contributed by atoms with Crippen molar-refractivity contribution in [3.63, 3.8) is 0 Å². The number of hydrogen-bond donors (Lipinski definition) is 2. The van der Waals surface area contributed by atoms with Crippen molar-refractivity contribution in [1.29, 1.82) is 0 Å². The number of carbonyl (C=O) groups is 4. The fourth-order valence-corrected chi connectivity index (χ4v) is 2.80. The van der Waals surface area contributed by atoms with Crippen LogP contribution in [0.5, 0.6) is 5.75 Å². The number of hydrogen-bond acceptors (Lipinski definition) is 7. The Morgan fingerprint density at radius 3 is 2.53 bits per heavy atom. The number of nitrogens with one attached hydrogen (secondary N) is 1. The number of rotatable bonds is 11. The Bertz CT molecular complexity index is 737. The second-order valence-electron chi connectivity index (χ2n) is 6.69. The first kappa shape index (κ1) is 25.3. The Labute approximate surface area is 176 Å². The molecule has 9 nitrogen and oxygen atoms in total. The molecule has 1 aliphatic heterocycles. The summed E-state index contributed by atoms with van der Waals surface area (Å²) in [7, 11) is 0. The van der Waals surface area contributed by atoms with Gasteiger partial charge in [0.05, 0.1) is 24.3 Å². The van der Waals surface area contributed by atoms with Crippen molar-refractivity contribution in [2.75, 3.05) is 26.4 Å². The van der Waals surface area contributed by atoms with Crippen LogP contribution in [0.15, 0.2) is 18.2 Å². The van der Waals surface area contributed by atoms with Gasteiger partial charge in [-0.25, -0.2) is 0 Å². The van der Waals surface area contributed by atoms with Gasteiger partial charge in [-0.3, -0.25) is 29.4 Å². The predicted octanol–water partition coefficient (Wildman–Crippen LogP) is 1.49. The van der Waals surface area contributed by atoms with E-state index in [2.05, 4.69) is 13.8 Å². The minimum Gasteiger partial charge on any atom is -0.490 e. The maximum atomic E-state index is 12.8. The normalized spacial score (nSPS) is 13.3. The topological polar surface area (TPSA) is 128 Å². The van der Waals surface area contributed by atoms with E-state index in [-0.39, 0.29) is 30.6 Å². The summed E-state index contributed by atoms with van der Waals surface area (Å²) in [6, 6.07) is 4.33. The average molecular weight is 421 g/mol. The third kappa shape index (κ3) is 6.93. The number of ether oxygens (including phenoxy) is 2. The lowest BCUT2D eigenvalue weighted by Gasteiger charge is -2.22. The zero-order valence-corrected chi connectivity index (χ0v) is 17.8. The second kappa shape index (κ2) is 13.4. The molecule has 30 heavy (non-hydrogen) atoms. The molecule has 0 saturated carbocycles. The molecule has 3 N–H and O–H groups in total. The first-order chi connectivity index (χ1) is 14.4. The van der Waals surface area contributed by atoms with Crippen molar-refractivity contribution in [3.8, 4) is 5.75 Å². The third-order valence-corrected chi connectivity index (χ3v) is 4.11. The van der Waals surface area contributed by atoms with E-state index < -0.39 is 23.8 Å². The van der Waals surface area contributed by atoms with Crippen LogP contribution in [0.3, 0.4) is 0 Å². The maximum absolute atomic E-state index is 12.8. The molecule has 9 heteroatoms. The number of nitrogens with two attached hydrogens (primary N) is 1. The zero-order chi connectivity index (χ0) is 22.5. The first-order valence-electron chi connectivity index (χ1n) is 10.1. The van der Waals surface area contributed by atoms with E-state index >= 15 is 0 Å². The Morgan fingerprint density at radius 1 is 1.20 bits per heavy atom. The van der Waals surface area contributed by atoms with E-state index in [1.165, 1.54) is 6.42 Å². The van der Waals surface area contributed by atoms with Crippen molar-refractivity contribution in [1.82, 2.24) is 10.2 Å². The summed E-state index contributed by atoms with van der Waals surface area (Å²) in [6.45, 7) is 7.29. The van der Waals surface area contributed by atoms with E-state index in [0.29, 0.717) is 31.9 Å². The van der Waals surface area contributed by atoms with E-state index in [0.717, 1.165) is 4.90 Å². The molecule has 0 spiro atoms. The number of benzene rings is 1. The molecule has 0 bridgehead atoms. The van der Waals surface area contributed by atoms with Crippen molar-refractivity contribution < 1.29 is 28.7 Å². The fraction of sp³-hybridized carbons (Fsp3) is 0.524. The van der Waals surface area contributed by atoms with Crippen LogP contribution in [0.4, 0.5) is 0 Å². The van der Waals surface area contributed by atoms with Gasteiger partial charge in [-0.15, -0.1) is 0 Å². The minimum atomic E-state index is -0.504. The molecule has 2 rings (SSSR count). The van der Waals surface area contributed by atoms with Gasteiger partial charge in [0, 0.05) is 19.0 Å². The predicted molar refractivity (Wildman–Crippen MR) is 111 cm³/mol. The molecule has 4 amide bonds. The molecule has 0 aliphatic carbocycles. The number of fused-ring (bicyclic) bond motifs is 1. The molecular weight excluding hydrogens is 390 g/mol. The summed E-state index contributed by atoms with van der Waals surface area (Å²) in [5.74, 6) is -1.04. The van der Waals surface area contributed by atoms with Gasteiger partial charge in [0.1, 0.15) is 12.4 Å². The van der Waals surface area contributed by atoms with Gasteiger partial charge in [0.25, 0.3) is 11.8 Å². The van der Waals surface area contributed by atoms with E-state index in [4.69, 9.17) is 15.2 Å². The lowest BCUT2D eigenvalue weighted by atomic mass is 10.1. The molecule has 166 valence electrons. The SMILES string of the molecule is CC(CCC(=O)NC=O)N1C(=O)c2cccc(OCCOCCN)c2C1=O.CCC. The maximum Gasteiger partial charge on any atom is 0.265 e. The largest absolute Gasteiger partial charge is 0.490 e. The molecule has 1 aromatic carbocycles. The number of imide groups is 2. The summed E-state index contributed by atoms with van der Waals surface area (Å²) in [5, 5.41) is 2.03. The van der Waals surface area contributed by atoms with Crippen LogP contribution in [0.25, 0.3) is 0 Å². The van der Waals surface area contributed by atoms with Crippen LogP contribution in [0.2, 0.25) is 0 Å². The second-order valence-corrected chi connectivity index (χ2v) is 6.69. The standard InChI is InChI=1S/C18H23N3O6.C3H8/c1-12(5-6-15(23)20-11-22)21-17(24)13-3-2-4-14(16(13)18(21)25)27-10-9-26-8-7-19;1-3-2/h2-4,11-12H,5-10,19H2,1H3,(H,20,22,23);3H2,1-2H3. The van der Waals surface area contributed by atoms with Gasteiger partial charge in [0.15, 0.2) is 0 Å². The lowest BCUT2D eigenvalue weighted by molar-refractivity contribution is -0.125. The Hall–Kier alpha value is -2.78. The highest BCUT2D eigenvalue weighted by Gasteiger charge is 2.40. The highest BCUT2D eigenvalue weighted by atomic mass is 16.5.